The third-order valence-corrected chi connectivity index (χ3v) is 0.259. The highest BCUT2D eigenvalue weighted by atomic mass is 16.6. The molecule has 4 nitrogen and oxygen atoms in total. The predicted octanol–water partition coefficient (Wildman–Crippen LogP) is 1.03. The number of carbonyl (C=O) groups excluding carboxylic acids is 1. The number of amides is 1. The molecule has 0 heterocycles. The van der Waals surface area contributed by atoms with E-state index in [2.05, 4.69) is 11.3 Å². The summed E-state index contributed by atoms with van der Waals surface area (Å²) in [6, 6.07) is 0. The molecule has 0 unspecified atom stereocenters. The number of hydrogen-bond acceptors (Lipinski definition) is 3. The number of nitrogens with zero attached hydrogens (tertiary/aromatic N) is 1. The fourth-order valence-corrected chi connectivity index (χ4v) is 0.0928. The van der Waals surface area contributed by atoms with Gasteiger partial charge < -0.3 is 4.74 Å². The first kappa shape index (κ1) is 5.81. The number of hydrogen-bond donors (Lipinski definition) is 0. The Morgan fingerprint density at radius 1 is 1.86 bits per heavy atom. The molecular formula is C3H3NO3. The second-order valence-electron chi connectivity index (χ2n) is 0.642. The van der Waals surface area contributed by atoms with Crippen molar-refractivity contribution < 1.29 is 9.53 Å². The van der Waals surface area contributed by atoms with Crippen molar-refractivity contribution in [3.63, 3.8) is 0 Å². The second-order valence-corrected chi connectivity index (χ2v) is 0.642. The topological polar surface area (TPSA) is 55.7 Å². The van der Waals surface area contributed by atoms with Crippen LogP contribution in [0.5, 0.6) is 0 Å². The minimum atomic E-state index is -1.17. The zero-order valence-electron chi connectivity index (χ0n) is 3.46. The molecule has 0 rings (SSSR count). The summed E-state index contributed by atoms with van der Waals surface area (Å²) in [6.45, 7) is 3.01. The van der Waals surface area contributed by atoms with Gasteiger partial charge in [0.2, 0.25) is 0 Å². The van der Waals surface area contributed by atoms with Crippen LogP contribution in [0.4, 0.5) is 4.79 Å². The Hall–Kier alpha value is -1.19. The van der Waals surface area contributed by atoms with Gasteiger partial charge in [-0.15, -0.1) is 4.91 Å². The van der Waals surface area contributed by atoms with Crippen LogP contribution in [-0.2, 0) is 4.74 Å². The number of carbonyl (C=O) groups is 1. The van der Waals surface area contributed by atoms with Gasteiger partial charge in [0.05, 0.1) is 11.4 Å². The Kier molecular flexibility index (Phi) is 2.50. The van der Waals surface area contributed by atoms with Gasteiger partial charge in [0, 0.05) is 0 Å². The maximum absolute atomic E-state index is 9.64. The molecule has 0 aliphatic heterocycles. The molecule has 4 heteroatoms. The van der Waals surface area contributed by atoms with E-state index in [9.17, 15) is 4.79 Å². The van der Waals surface area contributed by atoms with Gasteiger partial charge in [-0.3, -0.25) is 0 Å². The van der Waals surface area contributed by atoms with E-state index in [0.29, 0.717) is 0 Å². The van der Waals surface area contributed by atoms with Crippen molar-refractivity contribution in [2.75, 3.05) is 0 Å². The van der Waals surface area contributed by atoms with Crippen LogP contribution in [0.1, 0.15) is 0 Å². The third-order valence-electron chi connectivity index (χ3n) is 0.259. The highest BCUT2D eigenvalue weighted by Crippen LogP contribution is 1.79. The van der Waals surface area contributed by atoms with Crippen molar-refractivity contribution in [3.05, 3.63) is 17.7 Å². The van der Waals surface area contributed by atoms with E-state index in [4.69, 9.17) is 4.91 Å². The summed E-state index contributed by atoms with van der Waals surface area (Å²) in [6.07, 6.45) is -0.334. The van der Waals surface area contributed by atoms with E-state index in [1.54, 1.807) is 0 Å². The Morgan fingerprint density at radius 2 is 2.43 bits per heavy atom. The lowest BCUT2D eigenvalue weighted by molar-refractivity contribution is 0.196. The number of rotatable bonds is 1. The lowest BCUT2D eigenvalue weighted by atomic mass is 11.1. The first-order valence-corrected chi connectivity index (χ1v) is 1.46. The largest absolute Gasteiger partial charge is 0.475 e. The highest BCUT2D eigenvalue weighted by molar-refractivity contribution is 5.68. The molecule has 1 amide bonds. The maximum Gasteiger partial charge on any atom is 0.475 e. The standard InChI is InChI=1S/C3H3NO3/c1-2-7-3(5)4-6/h2H,1H2. The van der Waals surface area contributed by atoms with Crippen LogP contribution in [0.2, 0.25) is 0 Å². The van der Waals surface area contributed by atoms with Gasteiger partial charge in [0.15, 0.2) is 0 Å². The highest BCUT2D eigenvalue weighted by Gasteiger charge is 1.92. The van der Waals surface area contributed by atoms with Gasteiger partial charge in [0.1, 0.15) is 0 Å². The molecule has 0 N–H and O–H groups in total. The molecule has 0 spiro atoms. The number of nitroso groups, excluding NO2 is 1. The van der Waals surface area contributed by atoms with Gasteiger partial charge in [-0.25, -0.2) is 4.79 Å². The molecule has 0 saturated heterocycles. The Bertz CT molecular complexity index is 98.4. The normalized spacial score (nSPS) is 6.86. The fourth-order valence-electron chi connectivity index (χ4n) is 0.0928. The smallest absolute Gasteiger partial charge is 0.415 e. The van der Waals surface area contributed by atoms with Crippen LogP contribution in [0, 0.1) is 4.91 Å². The minimum Gasteiger partial charge on any atom is -0.415 e. The zero-order valence-corrected chi connectivity index (χ0v) is 3.46. The van der Waals surface area contributed by atoms with Gasteiger partial charge in [0.25, 0.3) is 0 Å². The summed E-state index contributed by atoms with van der Waals surface area (Å²) >= 11 is 0. The van der Waals surface area contributed by atoms with E-state index in [0.717, 1.165) is 6.26 Å². The Balaban J connectivity index is 3.36. The summed E-state index contributed by atoms with van der Waals surface area (Å²) in [5.74, 6) is 0. The first-order chi connectivity index (χ1) is 3.31. The summed E-state index contributed by atoms with van der Waals surface area (Å²) in [7, 11) is 0. The van der Waals surface area contributed by atoms with Crippen LogP contribution in [0.25, 0.3) is 0 Å². The molecule has 0 fully saturated rings. The molecule has 0 aromatic carbocycles. The molecule has 0 bridgehead atoms. The maximum atomic E-state index is 9.64. The van der Waals surface area contributed by atoms with Crippen LogP contribution < -0.4 is 0 Å². The van der Waals surface area contributed by atoms with Crippen LogP contribution in [0.3, 0.4) is 0 Å². The van der Waals surface area contributed by atoms with E-state index in [1.165, 1.54) is 0 Å². The molecule has 0 saturated carbocycles. The molecule has 0 aliphatic carbocycles. The van der Waals surface area contributed by atoms with Crippen molar-refractivity contribution in [1.29, 1.82) is 0 Å². The summed E-state index contributed by atoms with van der Waals surface area (Å²) < 4.78 is 3.84. The monoisotopic (exact) mass is 101 g/mol. The van der Waals surface area contributed by atoms with Gasteiger partial charge in [-0.2, -0.15) is 0 Å². The van der Waals surface area contributed by atoms with E-state index in [-0.39, 0.29) is 0 Å². The van der Waals surface area contributed by atoms with Crippen molar-refractivity contribution in [2.24, 2.45) is 5.18 Å². The van der Waals surface area contributed by atoms with Crippen molar-refractivity contribution in [1.82, 2.24) is 0 Å². The van der Waals surface area contributed by atoms with Gasteiger partial charge in [-0.1, -0.05) is 6.58 Å². The van der Waals surface area contributed by atoms with Gasteiger partial charge >= 0.3 is 6.09 Å². The molecule has 0 aliphatic rings. The third kappa shape index (κ3) is 2.62. The zero-order chi connectivity index (χ0) is 5.70. The quantitative estimate of drug-likeness (QED) is 0.366. The SMILES string of the molecule is C=COC(=O)N=O. The summed E-state index contributed by atoms with van der Waals surface area (Å²) in [5.41, 5.74) is 0. The van der Waals surface area contributed by atoms with Gasteiger partial charge in [-0.05, 0) is 0 Å². The molecule has 0 atom stereocenters. The molecule has 0 aromatic heterocycles. The fraction of sp³-hybridized carbons (Fsp3) is 0. The average molecular weight is 101 g/mol. The summed E-state index contributed by atoms with van der Waals surface area (Å²) in [5, 5.41) is 1.90. The molecular weight excluding hydrogens is 98.0 g/mol. The molecule has 0 radical (unpaired) electrons. The lowest BCUT2D eigenvalue weighted by Crippen LogP contribution is -1.86. The van der Waals surface area contributed by atoms with Crippen molar-refractivity contribution in [3.8, 4) is 0 Å². The van der Waals surface area contributed by atoms with E-state index >= 15 is 0 Å². The Labute approximate surface area is 39.7 Å². The van der Waals surface area contributed by atoms with Crippen molar-refractivity contribution >= 4 is 6.09 Å². The molecule has 38 valence electrons. The first-order valence-electron chi connectivity index (χ1n) is 1.46. The second kappa shape index (κ2) is 3.02. The molecule has 0 aromatic rings. The average Bonchev–Trinajstić information content (AvgIpc) is 1.68. The van der Waals surface area contributed by atoms with Crippen molar-refractivity contribution in [2.45, 2.75) is 0 Å². The lowest BCUT2D eigenvalue weighted by Gasteiger charge is -1.80. The van der Waals surface area contributed by atoms with E-state index in [1.807, 2.05) is 5.18 Å². The molecule has 7 heavy (non-hydrogen) atoms. The predicted molar refractivity (Wildman–Crippen MR) is 22.5 cm³/mol. The number of ether oxygens (including phenoxy) is 1. The van der Waals surface area contributed by atoms with Crippen LogP contribution in [-0.4, -0.2) is 6.09 Å². The van der Waals surface area contributed by atoms with Crippen LogP contribution in [0.15, 0.2) is 18.0 Å². The van der Waals surface area contributed by atoms with E-state index < -0.39 is 6.09 Å². The minimum absolute atomic E-state index is 0.837. The van der Waals surface area contributed by atoms with Crippen LogP contribution >= 0.6 is 0 Å². The Morgan fingerprint density at radius 3 is 2.57 bits per heavy atom. The summed E-state index contributed by atoms with van der Waals surface area (Å²) in [4.78, 5) is 18.8.